The van der Waals surface area contributed by atoms with E-state index in [4.69, 9.17) is 4.74 Å². The van der Waals surface area contributed by atoms with Crippen LogP contribution in [0.5, 0.6) is 5.75 Å². The first kappa shape index (κ1) is 14.4. The van der Waals surface area contributed by atoms with Gasteiger partial charge in [-0.3, -0.25) is 9.59 Å². The molecule has 0 spiro atoms. The van der Waals surface area contributed by atoms with Crippen LogP contribution in [0.1, 0.15) is 32.8 Å². The first-order chi connectivity index (χ1) is 9.33. The summed E-state index contributed by atoms with van der Waals surface area (Å²) in [6, 6.07) is 5.44. The van der Waals surface area contributed by atoms with Crippen LogP contribution in [0.2, 0.25) is 0 Å². The molecule has 20 heavy (non-hydrogen) atoms. The first-order valence-corrected chi connectivity index (χ1v) is 6.70. The maximum atomic E-state index is 11.7. The van der Waals surface area contributed by atoms with Crippen LogP contribution in [0.25, 0.3) is 0 Å². The lowest BCUT2D eigenvalue weighted by Gasteiger charge is -2.21. The Labute approximate surface area is 118 Å². The van der Waals surface area contributed by atoms with Gasteiger partial charge in [0.1, 0.15) is 5.75 Å². The Balaban J connectivity index is 1.94. The fourth-order valence-electron chi connectivity index (χ4n) is 2.05. The van der Waals surface area contributed by atoms with Crippen molar-refractivity contribution in [2.24, 2.45) is 0 Å². The summed E-state index contributed by atoms with van der Waals surface area (Å²) in [6.07, 6.45) is 1.19. The molecule has 1 aromatic carbocycles. The summed E-state index contributed by atoms with van der Waals surface area (Å²) in [5.41, 5.74) is 1.60. The van der Waals surface area contributed by atoms with Gasteiger partial charge in [-0.15, -0.1) is 0 Å². The van der Waals surface area contributed by atoms with Crippen molar-refractivity contribution < 1.29 is 14.3 Å². The highest BCUT2D eigenvalue weighted by molar-refractivity contribution is 5.94. The van der Waals surface area contributed by atoms with Crippen molar-refractivity contribution in [2.75, 3.05) is 11.9 Å². The zero-order valence-corrected chi connectivity index (χ0v) is 12.1. The predicted molar refractivity (Wildman–Crippen MR) is 76.8 cm³/mol. The summed E-state index contributed by atoms with van der Waals surface area (Å²) < 4.78 is 5.48. The number of carbonyl (C=O) groups is 2. The van der Waals surface area contributed by atoms with Crippen LogP contribution in [0.15, 0.2) is 18.2 Å². The third-order valence-electron chi connectivity index (χ3n) is 2.86. The minimum absolute atomic E-state index is 0.0115. The third-order valence-corrected chi connectivity index (χ3v) is 2.86. The molecule has 1 aliphatic heterocycles. The van der Waals surface area contributed by atoms with E-state index >= 15 is 0 Å². The highest BCUT2D eigenvalue weighted by Crippen LogP contribution is 2.26. The van der Waals surface area contributed by atoms with Gasteiger partial charge in [-0.2, -0.15) is 0 Å². The highest BCUT2D eigenvalue weighted by atomic mass is 16.5. The molecule has 2 N–H and O–H groups in total. The predicted octanol–water partition coefficient (Wildman–Crippen LogP) is 1.86. The standard InChI is InChI=1S/C15H20N2O3/c1-15(2,3)17-14(19)9-20-11-5-6-12-10(8-11)4-7-13(18)16-12/h5-6,8H,4,7,9H2,1-3H3,(H,16,18)(H,17,19). The topological polar surface area (TPSA) is 67.4 Å². The van der Waals surface area contributed by atoms with E-state index in [1.165, 1.54) is 0 Å². The van der Waals surface area contributed by atoms with Crippen molar-refractivity contribution in [3.63, 3.8) is 0 Å². The average Bonchev–Trinajstić information content (AvgIpc) is 2.34. The van der Waals surface area contributed by atoms with Crippen LogP contribution in [0.4, 0.5) is 5.69 Å². The molecule has 2 amide bonds. The molecule has 0 saturated heterocycles. The van der Waals surface area contributed by atoms with Gasteiger partial charge in [-0.05, 0) is 51.0 Å². The van der Waals surface area contributed by atoms with Gasteiger partial charge in [0, 0.05) is 17.6 Å². The molecule has 1 aromatic rings. The minimum atomic E-state index is -0.263. The zero-order chi connectivity index (χ0) is 14.8. The van der Waals surface area contributed by atoms with Crippen LogP contribution in [0.3, 0.4) is 0 Å². The van der Waals surface area contributed by atoms with E-state index in [1.807, 2.05) is 32.9 Å². The molecule has 0 unspecified atom stereocenters. The number of hydrogen-bond donors (Lipinski definition) is 2. The van der Waals surface area contributed by atoms with Crippen molar-refractivity contribution in [2.45, 2.75) is 39.2 Å². The Kier molecular flexibility index (Phi) is 3.97. The Hall–Kier alpha value is -2.04. The first-order valence-electron chi connectivity index (χ1n) is 6.70. The fourth-order valence-corrected chi connectivity index (χ4v) is 2.05. The molecule has 0 atom stereocenters. The number of anilines is 1. The maximum Gasteiger partial charge on any atom is 0.258 e. The van der Waals surface area contributed by atoms with E-state index in [9.17, 15) is 9.59 Å². The summed E-state index contributed by atoms with van der Waals surface area (Å²) in [7, 11) is 0. The third kappa shape index (κ3) is 3.98. The Morgan fingerprint density at radius 1 is 1.35 bits per heavy atom. The van der Waals surface area contributed by atoms with Crippen molar-refractivity contribution >= 4 is 17.5 Å². The average molecular weight is 276 g/mol. The van der Waals surface area contributed by atoms with Crippen LogP contribution in [-0.4, -0.2) is 24.0 Å². The quantitative estimate of drug-likeness (QED) is 0.885. The van der Waals surface area contributed by atoms with E-state index < -0.39 is 0 Å². The number of benzene rings is 1. The molecule has 2 rings (SSSR count). The van der Waals surface area contributed by atoms with Gasteiger partial charge in [0.15, 0.2) is 6.61 Å². The van der Waals surface area contributed by atoms with Gasteiger partial charge in [0.25, 0.3) is 5.91 Å². The number of amides is 2. The SMILES string of the molecule is CC(C)(C)NC(=O)COc1ccc2c(c1)CCC(=O)N2. The number of carbonyl (C=O) groups excluding carboxylic acids is 2. The largest absolute Gasteiger partial charge is 0.484 e. The molecule has 0 radical (unpaired) electrons. The minimum Gasteiger partial charge on any atom is -0.484 e. The molecule has 108 valence electrons. The molecule has 1 heterocycles. The number of aryl methyl sites for hydroxylation is 1. The Morgan fingerprint density at radius 2 is 2.10 bits per heavy atom. The van der Waals surface area contributed by atoms with Crippen LogP contribution in [0, 0.1) is 0 Å². The Bertz CT molecular complexity index is 532. The molecule has 0 saturated carbocycles. The molecule has 5 nitrogen and oxygen atoms in total. The number of hydrogen-bond acceptors (Lipinski definition) is 3. The van der Waals surface area contributed by atoms with Crippen molar-refractivity contribution in [1.29, 1.82) is 0 Å². The lowest BCUT2D eigenvalue weighted by molar-refractivity contribution is -0.124. The normalized spacial score (nSPS) is 14.2. The van der Waals surface area contributed by atoms with Gasteiger partial charge in [0.05, 0.1) is 0 Å². The van der Waals surface area contributed by atoms with Gasteiger partial charge in [-0.25, -0.2) is 0 Å². The fraction of sp³-hybridized carbons (Fsp3) is 0.467. The summed E-state index contributed by atoms with van der Waals surface area (Å²) in [6.45, 7) is 5.76. The zero-order valence-electron chi connectivity index (χ0n) is 12.1. The second kappa shape index (κ2) is 5.53. The number of nitrogens with one attached hydrogen (secondary N) is 2. The summed E-state index contributed by atoms with van der Waals surface area (Å²) in [5.74, 6) is 0.531. The van der Waals surface area contributed by atoms with E-state index in [0.717, 1.165) is 11.3 Å². The smallest absolute Gasteiger partial charge is 0.258 e. The molecule has 0 aliphatic carbocycles. The lowest BCUT2D eigenvalue weighted by Crippen LogP contribution is -2.43. The molecule has 5 heteroatoms. The molecule has 1 aliphatic rings. The molecule has 0 aromatic heterocycles. The number of ether oxygens (including phenoxy) is 1. The van der Waals surface area contributed by atoms with Gasteiger partial charge in [0.2, 0.25) is 5.91 Å². The number of rotatable bonds is 3. The van der Waals surface area contributed by atoms with Gasteiger partial charge < -0.3 is 15.4 Å². The van der Waals surface area contributed by atoms with Gasteiger partial charge in [-0.1, -0.05) is 0 Å². The second-order valence-electron chi connectivity index (χ2n) is 5.95. The van der Waals surface area contributed by atoms with Crippen LogP contribution in [-0.2, 0) is 16.0 Å². The summed E-state index contributed by atoms with van der Waals surface area (Å²) in [5, 5.41) is 5.65. The van der Waals surface area contributed by atoms with Crippen molar-refractivity contribution in [3.8, 4) is 5.75 Å². The monoisotopic (exact) mass is 276 g/mol. The summed E-state index contributed by atoms with van der Waals surface area (Å²) in [4.78, 5) is 22.9. The van der Waals surface area contributed by atoms with E-state index in [2.05, 4.69) is 10.6 Å². The molecular weight excluding hydrogens is 256 g/mol. The molecule has 0 fully saturated rings. The number of fused-ring (bicyclic) bond motifs is 1. The van der Waals surface area contributed by atoms with E-state index in [0.29, 0.717) is 18.6 Å². The van der Waals surface area contributed by atoms with Crippen molar-refractivity contribution in [1.82, 2.24) is 5.32 Å². The van der Waals surface area contributed by atoms with Crippen molar-refractivity contribution in [3.05, 3.63) is 23.8 Å². The second-order valence-corrected chi connectivity index (χ2v) is 5.95. The van der Waals surface area contributed by atoms with Crippen LogP contribution < -0.4 is 15.4 Å². The lowest BCUT2D eigenvalue weighted by atomic mass is 10.0. The van der Waals surface area contributed by atoms with Crippen LogP contribution >= 0.6 is 0 Å². The Morgan fingerprint density at radius 3 is 2.80 bits per heavy atom. The highest BCUT2D eigenvalue weighted by Gasteiger charge is 2.16. The molecule has 0 bridgehead atoms. The summed E-state index contributed by atoms with van der Waals surface area (Å²) >= 11 is 0. The maximum absolute atomic E-state index is 11.7. The van der Waals surface area contributed by atoms with Gasteiger partial charge >= 0.3 is 0 Å². The molecular formula is C15H20N2O3. The van der Waals surface area contributed by atoms with E-state index in [-0.39, 0.29) is 24.0 Å². The van der Waals surface area contributed by atoms with E-state index in [1.54, 1.807) is 6.07 Å².